The highest BCUT2D eigenvalue weighted by Crippen LogP contribution is 2.18. The van der Waals surface area contributed by atoms with Gasteiger partial charge in [0.25, 0.3) is 0 Å². The first-order valence-electron chi connectivity index (χ1n) is 9.40. The number of aliphatic imine (C=N–C) groups is 1. The summed E-state index contributed by atoms with van der Waals surface area (Å²) < 4.78 is 5.44. The molecule has 1 heterocycles. The van der Waals surface area contributed by atoms with Crippen LogP contribution in [0.3, 0.4) is 0 Å². The van der Waals surface area contributed by atoms with Gasteiger partial charge in [-0.15, -0.1) is 0 Å². The van der Waals surface area contributed by atoms with Crippen LogP contribution in [0, 0.1) is 5.92 Å². The molecule has 0 amide bonds. The maximum atomic E-state index is 5.44. The molecule has 0 saturated carbocycles. The molecule has 2 rings (SSSR count). The predicted molar refractivity (Wildman–Crippen MR) is 102 cm³/mol. The molecule has 1 aliphatic rings. The maximum absolute atomic E-state index is 5.44. The molecule has 1 saturated heterocycles. The largest absolute Gasteiger partial charge is 0.381 e. The van der Waals surface area contributed by atoms with Crippen LogP contribution in [0.5, 0.6) is 0 Å². The van der Waals surface area contributed by atoms with Gasteiger partial charge in [0, 0.05) is 39.9 Å². The second-order valence-electron chi connectivity index (χ2n) is 6.59. The Balaban J connectivity index is 1.73. The average molecular weight is 332 g/mol. The van der Waals surface area contributed by atoms with Gasteiger partial charge in [-0.3, -0.25) is 4.99 Å². The van der Waals surface area contributed by atoms with Crippen LogP contribution in [0.2, 0.25) is 0 Å². The van der Waals surface area contributed by atoms with Crippen LogP contribution in [0.15, 0.2) is 35.3 Å². The molecule has 4 nitrogen and oxygen atoms in total. The van der Waals surface area contributed by atoms with E-state index in [0.29, 0.717) is 0 Å². The minimum absolute atomic E-state index is 0.808. The summed E-state index contributed by atoms with van der Waals surface area (Å²) in [5, 5.41) is 3.42. The van der Waals surface area contributed by atoms with Gasteiger partial charge in [-0.2, -0.15) is 0 Å². The Labute approximate surface area is 147 Å². The first-order chi connectivity index (χ1) is 11.8. The van der Waals surface area contributed by atoms with Crippen molar-refractivity contribution < 1.29 is 4.74 Å². The number of hydrogen-bond donors (Lipinski definition) is 1. The van der Waals surface area contributed by atoms with E-state index in [1.807, 2.05) is 0 Å². The van der Waals surface area contributed by atoms with Crippen molar-refractivity contribution in [1.29, 1.82) is 0 Å². The van der Waals surface area contributed by atoms with E-state index >= 15 is 0 Å². The monoisotopic (exact) mass is 331 g/mol. The standard InChI is InChI=1S/C20H33N3O/c1-3-21-20(22-14-7-10-18-8-5-4-6-9-18)23(2)15-11-19-12-16-24-17-13-19/h4-6,8-9,19H,3,7,10-17H2,1-2H3,(H,21,22). The minimum Gasteiger partial charge on any atom is -0.381 e. The van der Waals surface area contributed by atoms with E-state index in [4.69, 9.17) is 9.73 Å². The van der Waals surface area contributed by atoms with Gasteiger partial charge in [0.15, 0.2) is 5.96 Å². The molecule has 1 aromatic rings. The molecule has 1 aliphatic heterocycles. The van der Waals surface area contributed by atoms with Crippen molar-refractivity contribution in [3.05, 3.63) is 35.9 Å². The quantitative estimate of drug-likeness (QED) is 0.451. The van der Waals surface area contributed by atoms with Gasteiger partial charge >= 0.3 is 0 Å². The summed E-state index contributed by atoms with van der Waals surface area (Å²) in [7, 11) is 2.15. The first kappa shape index (κ1) is 18.8. The normalized spacial score (nSPS) is 16.2. The fourth-order valence-electron chi connectivity index (χ4n) is 3.10. The lowest BCUT2D eigenvalue weighted by atomic mass is 9.96. The lowest BCUT2D eigenvalue weighted by Crippen LogP contribution is -2.40. The van der Waals surface area contributed by atoms with E-state index in [0.717, 1.165) is 57.6 Å². The van der Waals surface area contributed by atoms with Gasteiger partial charge in [0.2, 0.25) is 0 Å². The Hall–Kier alpha value is -1.55. The van der Waals surface area contributed by atoms with E-state index in [-0.39, 0.29) is 0 Å². The van der Waals surface area contributed by atoms with Crippen molar-refractivity contribution >= 4 is 5.96 Å². The molecule has 0 aromatic heterocycles. The highest BCUT2D eigenvalue weighted by molar-refractivity contribution is 5.79. The minimum atomic E-state index is 0.808. The molecule has 0 aliphatic carbocycles. The third-order valence-electron chi connectivity index (χ3n) is 4.64. The van der Waals surface area contributed by atoms with Crippen LogP contribution in [-0.4, -0.2) is 50.8 Å². The lowest BCUT2D eigenvalue weighted by molar-refractivity contribution is 0.0625. The number of guanidine groups is 1. The smallest absolute Gasteiger partial charge is 0.193 e. The Kier molecular flexibility index (Phi) is 8.67. The summed E-state index contributed by atoms with van der Waals surface area (Å²) in [4.78, 5) is 7.08. The summed E-state index contributed by atoms with van der Waals surface area (Å²) >= 11 is 0. The van der Waals surface area contributed by atoms with Gasteiger partial charge < -0.3 is 15.0 Å². The van der Waals surface area contributed by atoms with Crippen molar-refractivity contribution in [1.82, 2.24) is 10.2 Å². The fraction of sp³-hybridized carbons (Fsp3) is 0.650. The van der Waals surface area contributed by atoms with Gasteiger partial charge in [-0.25, -0.2) is 0 Å². The molecular formula is C20H33N3O. The highest BCUT2D eigenvalue weighted by Gasteiger charge is 2.15. The Bertz CT molecular complexity index is 469. The lowest BCUT2D eigenvalue weighted by Gasteiger charge is -2.26. The average Bonchev–Trinajstić information content (AvgIpc) is 2.64. The number of ether oxygens (including phenoxy) is 1. The molecule has 0 radical (unpaired) electrons. The van der Waals surface area contributed by atoms with E-state index in [1.54, 1.807) is 0 Å². The highest BCUT2D eigenvalue weighted by atomic mass is 16.5. The van der Waals surface area contributed by atoms with Crippen molar-refractivity contribution in [3.63, 3.8) is 0 Å². The molecule has 1 N–H and O–H groups in total. The van der Waals surface area contributed by atoms with Crippen LogP contribution >= 0.6 is 0 Å². The van der Waals surface area contributed by atoms with Gasteiger partial charge in [0.1, 0.15) is 0 Å². The number of nitrogens with one attached hydrogen (secondary N) is 1. The van der Waals surface area contributed by atoms with Crippen molar-refractivity contribution in [3.8, 4) is 0 Å². The molecule has 134 valence electrons. The third-order valence-corrected chi connectivity index (χ3v) is 4.64. The Morgan fingerprint density at radius 1 is 1.25 bits per heavy atom. The molecule has 0 unspecified atom stereocenters. The van der Waals surface area contributed by atoms with Gasteiger partial charge in [0.05, 0.1) is 0 Å². The molecule has 1 aromatic carbocycles. The number of nitrogens with zero attached hydrogens (tertiary/aromatic N) is 2. The zero-order valence-electron chi connectivity index (χ0n) is 15.3. The van der Waals surface area contributed by atoms with Crippen LogP contribution in [-0.2, 0) is 11.2 Å². The predicted octanol–water partition coefficient (Wildman–Crippen LogP) is 3.33. The summed E-state index contributed by atoms with van der Waals surface area (Å²) in [5.41, 5.74) is 1.39. The molecule has 24 heavy (non-hydrogen) atoms. The summed E-state index contributed by atoms with van der Waals surface area (Å²) in [5.74, 6) is 1.85. The SMILES string of the molecule is CCNC(=NCCCc1ccccc1)N(C)CCC1CCOCC1. The molecule has 0 spiro atoms. The zero-order chi connectivity index (χ0) is 17.0. The Morgan fingerprint density at radius 2 is 2.00 bits per heavy atom. The third kappa shape index (κ3) is 6.91. The van der Waals surface area contributed by atoms with Crippen LogP contribution in [0.25, 0.3) is 0 Å². The topological polar surface area (TPSA) is 36.9 Å². The summed E-state index contributed by atoms with van der Waals surface area (Å²) in [6.45, 7) is 6.85. The molecular weight excluding hydrogens is 298 g/mol. The number of rotatable bonds is 8. The van der Waals surface area contributed by atoms with Gasteiger partial charge in [-0.1, -0.05) is 30.3 Å². The number of benzene rings is 1. The van der Waals surface area contributed by atoms with Crippen LogP contribution in [0.1, 0.15) is 38.2 Å². The van der Waals surface area contributed by atoms with Crippen molar-refractivity contribution in [2.45, 2.75) is 39.0 Å². The maximum Gasteiger partial charge on any atom is 0.193 e. The second-order valence-corrected chi connectivity index (χ2v) is 6.59. The zero-order valence-corrected chi connectivity index (χ0v) is 15.3. The van der Waals surface area contributed by atoms with Gasteiger partial charge in [-0.05, 0) is 50.5 Å². The molecule has 1 fully saturated rings. The van der Waals surface area contributed by atoms with Crippen molar-refractivity contribution in [2.75, 3.05) is 39.9 Å². The first-order valence-corrected chi connectivity index (χ1v) is 9.40. The van der Waals surface area contributed by atoms with E-state index < -0.39 is 0 Å². The van der Waals surface area contributed by atoms with E-state index in [1.165, 1.54) is 24.8 Å². The molecule has 0 atom stereocenters. The van der Waals surface area contributed by atoms with Crippen LogP contribution in [0.4, 0.5) is 0 Å². The van der Waals surface area contributed by atoms with E-state index in [9.17, 15) is 0 Å². The second kappa shape index (κ2) is 11.1. The molecule has 4 heteroatoms. The number of aryl methyl sites for hydroxylation is 1. The Morgan fingerprint density at radius 3 is 2.71 bits per heavy atom. The number of hydrogen-bond acceptors (Lipinski definition) is 2. The summed E-state index contributed by atoms with van der Waals surface area (Å²) in [6.07, 6.45) is 5.83. The van der Waals surface area contributed by atoms with Crippen molar-refractivity contribution in [2.24, 2.45) is 10.9 Å². The fourth-order valence-corrected chi connectivity index (χ4v) is 3.10. The molecule has 0 bridgehead atoms. The summed E-state index contributed by atoms with van der Waals surface area (Å²) in [6, 6.07) is 10.7. The van der Waals surface area contributed by atoms with E-state index in [2.05, 4.69) is 54.5 Å². The van der Waals surface area contributed by atoms with Crippen LogP contribution < -0.4 is 5.32 Å².